The molecule has 1 aliphatic rings. The standard InChI is InChI=1S/C21H19NO4/c1-13-4-2-3-5-15(13)17-11-19(23)26-18-10-14(6-7-16(17)18)22-12-21(8-9-21)20(24)25/h2-7,10-11,22H,8-9,12H2,1H3,(H,24,25). The molecule has 0 unspecified atom stereocenters. The molecule has 1 aromatic heterocycles. The number of aliphatic carboxylic acids is 1. The van der Waals surface area contributed by atoms with Crippen molar-refractivity contribution < 1.29 is 14.3 Å². The number of aryl methyl sites for hydroxylation is 1. The normalized spacial score (nSPS) is 15.0. The minimum Gasteiger partial charge on any atom is -0.481 e. The first-order valence-corrected chi connectivity index (χ1v) is 8.60. The second-order valence-electron chi connectivity index (χ2n) is 6.94. The summed E-state index contributed by atoms with van der Waals surface area (Å²) < 4.78 is 5.39. The van der Waals surface area contributed by atoms with Gasteiger partial charge < -0.3 is 14.8 Å². The van der Waals surface area contributed by atoms with Gasteiger partial charge in [-0.15, -0.1) is 0 Å². The predicted molar refractivity (Wildman–Crippen MR) is 100 cm³/mol. The number of carboxylic acids is 1. The molecular weight excluding hydrogens is 330 g/mol. The van der Waals surface area contributed by atoms with Crippen LogP contribution < -0.4 is 10.9 Å². The van der Waals surface area contributed by atoms with Crippen LogP contribution in [-0.4, -0.2) is 17.6 Å². The topological polar surface area (TPSA) is 79.5 Å². The summed E-state index contributed by atoms with van der Waals surface area (Å²) in [6, 6.07) is 15.0. The summed E-state index contributed by atoms with van der Waals surface area (Å²) in [6.07, 6.45) is 1.38. The maximum atomic E-state index is 12.1. The zero-order chi connectivity index (χ0) is 18.3. The maximum absolute atomic E-state index is 12.1. The molecule has 1 fully saturated rings. The van der Waals surface area contributed by atoms with Crippen molar-refractivity contribution in [2.75, 3.05) is 11.9 Å². The molecular formula is C21H19NO4. The van der Waals surface area contributed by atoms with Crippen LogP contribution in [0.4, 0.5) is 5.69 Å². The summed E-state index contributed by atoms with van der Waals surface area (Å²) in [6.45, 7) is 2.38. The van der Waals surface area contributed by atoms with Gasteiger partial charge in [-0.2, -0.15) is 0 Å². The van der Waals surface area contributed by atoms with Crippen molar-refractivity contribution in [2.24, 2.45) is 5.41 Å². The fourth-order valence-corrected chi connectivity index (χ4v) is 3.26. The summed E-state index contributed by atoms with van der Waals surface area (Å²) in [4.78, 5) is 23.3. The minimum atomic E-state index is -0.765. The molecule has 0 saturated heterocycles. The molecule has 0 spiro atoms. The molecule has 0 radical (unpaired) electrons. The SMILES string of the molecule is Cc1ccccc1-c1cc(=O)oc2cc(NCC3(C(=O)O)CC3)ccc12. The lowest BCUT2D eigenvalue weighted by Crippen LogP contribution is -2.24. The molecule has 1 aliphatic carbocycles. The third kappa shape index (κ3) is 2.86. The maximum Gasteiger partial charge on any atom is 0.336 e. The fourth-order valence-electron chi connectivity index (χ4n) is 3.26. The van der Waals surface area contributed by atoms with Gasteiger partial charge in [-0.05, 0) is 43.0 Å². The van der Waals surface area contributed by atoms with Crippen molar-refractivity contribution >= 4 is 22.6 Å². The van der Waals surface area contributed by atoms with Crippen molar-refractivity contribution in [1.29, 1.82) is 0 Å². The lowest BCUT2D eigenvalue weighted by molar-refractivity contribution is -0.142. The van der Waals surface area contributed by atoms with Gasteiger partial charge >= 0.3 is 11.6 Å². The molecule has 0 aliphatic heterocycles. The summed E-state index contributed by atoms with van der Waals surface area (Å²) in [5.41, 5.74) is 3.09. The smallest absolute Gasteiger partial charge is 0.336 e. The molecule has 5 nitrogen and oxygen atoms in total. The van der Waals surface area contributed by atoms with Gasteiger partial charge in [-0.3, -0.25) is 4.79 Å². The van der Waals surface area contributed by atoms with Crippen molar-refractivity contribution in [3.05, 3.63) is 64.5 Å². The van der Waals surface area contributed by atoms with Crippen LogP contribution in [0, 0.1) is 12.3 Å². The van der Waals surface area contributed by atoms with Crippen LogP contribution in [0.2, 0.25) is 0 Å². The summed E-state index contributed by atoms with van der Waals surface area (Å²) >= 11 is 0. The van der Waals surface area contributed by atoms with E-state index in [2.05, 4.69) is 5.32 Å². The number of rotatable bonds is 5. The Morgan fingerprint density at radius 2 is 1.92 bits per heavy atom. The van der Waals surface area contributed by atoms with E-state index in [4.69, 9.17) is 4.42 Å². The van der Waals surface area contributed by atoms with Crippen LogP contribution in [0.25, 0.3) is 22.1 Å². The van der Waals surface area contributed by atoms with Crippen LogP contribution in [0.1, 0.15) is 18.4 Å². The molecule has 1 saturated carbocycles. The Bertz CT molecular complexity index is 1060. The second-order valence-corrected chi connectivity index (χ2v) is 6.94. The number of benzene rings is 2. The van der Waals surface area contributed by atoms with E-state index in [1.165, 1.54) is 6.07 Å². The predicted octanol–water partition coefficient (Wildman–Crippen LogP) is 4.05. The number of fused-ring (bicyclic) bond motifs is 1. The van der Waals surface area contributed by atoms with E-state index in [1.807, 2.05) is 43.3 Å². The first kappa shape index (κ1) is 16.4. The summed E-state index contributed by atoms with van der Waals surface area (Å²) in [5.74, 6) is -0.765. The van der Waals surface area contributed by atoms with Crippen molar-refractivity contribution in [3.63, 3.8) is 0 Å². The Hall–Kier alpha value is -3.08. The first-order chi connectivity index (χ1) is 12.5. The van der Waals surface area contributed by atoms with E-state index in [9.17, 15) is 14.7 Å². The Morgan fingerprint density at radius 1 is 1.15 bits per heavy atom. The van der Waals surface area contributed by atoms with E-state index < -0.39 is 17.0 Å². The Balaban J connectivity index is 1.72. The average molecular weight is 349 g/mol. The van der Waals surface area contributed by atoms with Crippen LogP contribution in [-0.2, 0) is 4.79 Å². The molecule has 0 amide bonds. The Morgan fingerprint density at radius 3 is 2.62 bits per heavy atom. The zero-order valence-electron chi connectivity index (χ0n) is 14.4. The van der Waals surface area contributed by atoms with Gasteiger partial charge in [0.2, 0.25) is 0 Å². The van der Waals surface area contributed by atoms with Crippen LogP contribution in [0.15, 0.2) is 57.7 Å². The molecule has 0 atom stereocenters. The number of carbonyl (C=O) groups is 1. The van der Waals surface area contributed by atoms with Crippen LogP contribution in [0.5, 0.6) is 0 Å². The van der Waals surface area contributed by atoms with Crippen molar-refractivity contribution in [3.8, 4) is 11.1 Å². The van der Waals surface area contributed by atoms with Gasteiger partial charge in [0.25, 0.3) is 0 Å². The molecule has 2 N–H and O–H groups in total. The number of carboxylic acid groups (broad SMARTS) is 1. The number of anilines is 1. The molecule has 2 aromatic carbocycles. The highest BCUT2D eigenvalue weighted by Crippen LogP contribution is 2.46. The van der Waals surface area contributed by atoms with Crippen molar-refractivity contribution in [2.45, 2.75) is 19.8 Å². The lowest BCUT2D eigenvalue weighted by Gasteiger charge is -2.13. The monoisotopic (exact) mass is 349 g/mol. The number of hydrogen-bond acceptors (Lipinski definition) is 4. The third-order valence-electron chi connectivity index (χ3n) is 5.12. The van der Waals surface area contributed by atoms with Gasteiger partial charge in [0, 0.05) is 35.3 Å². The van der Waals surface area contributed by atoms with Gasteiger partial charge in [-0.1, -0.05) is 24.3 Å². The molecule has 132 valence electrons. The Labute approximate surface area is 150 Å². The minimum absolute atomic E-state index is 0.371. The van der Waals surface area contributed by atoms with Gasteiger partial charge in [-0.25, -0.2) is 4.79 Å². The summed E-state index contributed by atoms with van der Waals surface area (Å²) in [7, 11) is 0. The molecule has 0 bridgehead atoms. The third-order valence-corrected chi connectivity index (χ3v) is 5.12. The van der Waals surface area contributed by atoms with Crippen molar-refractivity contribution in [1.82, 2.24) is 0 Å². The largest absolute Gasteiger partial charge is 0.481 e. The fraction of sp³-hybridized carbons (Fsp3) is 0.238. The molecule has 4 rings (SSSR count). The van der Waals surface area contributed by atoms with E-state index in [1.54, 1.807) is 6.07 Å². The lowest BCUT2D eigenvalue weighted by atomic mass is 9.98. The average Bonchev–Trinajstić information content (AvgIpc) is 3.41. The van der Waals surface area contributed by atoms with Crippen LogP contribution >= 0.6 is 0 Å². The number of nitrogens with one attached hydrogen (secondary N) is 1. The first-order valence-electron chi connectivity index (χ1n) is 8.60. The van der Waals surface area contributed by atoms with Gasteiger partial charge in [0.05, 0.1) is 5.41 Å². The highest BCUT2D eigenvalue weighted by atomic mass is 16.4. The summed E-state index contributed by atoms with van der Waals surface area (Å²) in [5, 5.41) is 13.3. The van der Waals surface area contributed by atoms with Crippen LogP contribution in [0.3, 0.4) is 0 Å². The van der Waals surface area contributed by atoms with Gasteiger partial charge in [0.15, 0.2) is 0 Å². The second kappa shape index (κ2) is 6.02. The zero-order valence-corrected chi connectivity index (χ0v) is 14.4. The highest BCUT2D eigenvalue weighted by Gasteiger charge is 2.49. The molecule has 26 heavy (non-hydrogen) atoms. The molecule has 1 heterocycles. The molecule has 3 aromatic rings. The van der Waals surface area contributed by atoms with E-state index in [0.29, 0.717) is 25.0 Å². The Kier molecular flexibility index (Phi) is 3.80. The number of hydrogen-bond donors (Lipinski definition) is 2. The molecule has 5 heteroatoms. The van der Waals surface area contributed by atoms with E-state index >= 15 is 0 Å². The van der Waals surface area contributed by atoms with E-state index in [0.717, 1.165) is 27.8 Å². The van der Waals surface area contributed by atoms with E-state index in [-0.39, 0.29) is 0 Å². The quantitative estimate of drug-likeness (QED) is 0.680. The highest BCUT2D eigenvalue weighted by molar-refractivity contribution is 5.95. The van der Waals surface area contributed by atoms with Gasteiger partial charge in [0.1, 0.15) is 5.58 Å².